The molecule has 0 bridgehead atoms. The quantitative estimate of drug-likeness (QED) is 0.377. The fourth-order valence-electron chi connectivity index (χ4n) is 0.295. The molecule has 0 atom stereocenters. The Morgan fingerprint density at radius 3 is 1.45 bits per heavy atom. The van der Waals surface area contributed by atoms with Gasteiger partial charge in [-0.3, -0.25) is 0 Å². The SMILES string of the molecule is C1COCO1.[LiH].[O-][Cl+3]([O-])([O-])O. The fourth-order valence-corrected chi connectivity index (χ4v) is 0.295. The van der Waals surface area contributed by atoms with Crippen LogP contribution in [0.1, 0.15) is 0 Å². The summed E-state index contributed by atoms with van der Waals surface area (Å²) in [6.45, 7) is 2.06. The van der Waals surface area contributed by atoms with Gasteiger partial charge in [0.2, 0.25) is 0 Å². The average molecular weight is 182 g/mol. The van der Waals surface area contributed by atoms with Crippen molar-refractivity contribution in [2.75, 3.05) is 20.0 Å². The van der Waals surface area contributed by atoms with Gasteiger partial charge in [-0.2, -0.15) is 14.0 Å². The largest absolute Gasteiger partial charge is 0.183 e. The molecule has 0 saturated carbocycles. The first-order valence-electron chi connectivity index (χ1n) is 2.29. The number of hydrogen-bond donors (Lipinski definition) is 1. The topological polar surface area (TPSA) is 108 Å². The van der Waals surface area contributed by atoms with E-state index in [1.165, 1.54) is 0 Å². The summed E-state index contributed by atoms with van der Waals surface area (Å²) >= 11 is 0. The first-order valence-corrected chi connectivity index (χ1v) is 3.55. The molecule has 0 aromatic rings. The molecule has 6 nitrogen and oxygen atoms in total. The molecule has 0 amide bonds. The van der Waals surface area contributed by atoms with E-state index < -0.39 is 10.2 Å². The molecule has 64 valence electrons. The van der Waals surface area contributed by atoms with Crippen LogP contribution in [0.2, 0.25) is 0 Å². The smallest absolute Gasteiger partial charge is 0.0777 e. The number of halogens is 1. The predicted molar refractivity (Wildman–Crippen MR) is 26.1 cm³/mol. The fraction of sp³-hybridized carbons (Fsp3) is 1.00. The summed E-state index contributed by atoms with van der Waals surface area (Å²) in [4.78, 5) is 0. The third kappa shape index (κ3) is 25.0. The van der Waals surface area contributed by atoms with Crippen molar-refractivity contribution in [2.24, 2.45) is 0 Å². The number of ether oxygens (including phenoxy) is 2. The minimum absolute atomic E-state index is 0. The molecule has 1 rings (SSSR count). The van der Waals surface area contributed by atoms with Gasteiger partial charge in [0.05, 0.1) is 28.1 Å². The standard InChI is InChI=1S/C3H6O2.ClHO4.Li.H/c1-2-5-3-4-1;2-1(3,4)5;;/h1-3H2;(H,2,3,4,5);;. The Labute approximate surface area is 77.6 Å². The van der Waals surface area contributed by atoms with Crippen molar-refractivity contribution in [1.29, 1.82) is 0 Å². The van der Waals surface area contributed by atoms with Gasteiger partial charge in [-0.05, 0) is 0 Å². The minimum Gasteiger partial charge on any atom is -0.183 e. The summed E-state index contributed by atoms with van der Waals surface area (Å²) in [5.41, 5.74) is 0. The Morgan fingerprint density at radius 1 is 1.09 bits per heavy atom. The molecule has 0 aromatic heterocycles. The van der Waals surface area contributed by atoms with Crippen LogP contribution in [-0.2, 0) is 9.47 Å². The Kier molecular flexibility index (Phi) is 9.42. The van der Waals surface area contributed by atoms with Crippen LogP contribution >= 0.6 is 0 Å². The average Bonchev–Trinajstić information content (AvgIpc) is 2.07. The van der Waals surface area contributed by atoms with Gasteiger partial charge in [0.1, 0.15) is 6.79 Å². The molecule has 0 spiro atoms. The van der Waals surface area contributed by atoms with Crippen LogP contribution < -0.4 is 14.0 Å². The maximum atomic E-state index is 8.60. The third-order valence-corrected chi connectivity index (χ3v) is 0.539. The number of rotatable bonds is 0. The molecule has 0 aliphatic carbocycles. The van der Waals surface area contributed by atoms with Gasteiger partial charge in [0.15, 0.2) is 0 Å². The van der Waals surface area contributed by atoms with Gasteiger partial charge < -0.3 is 9.47 Å². The van der Waals surface area contributed by atoms with E-state index in [2.05, 4.69) is 0 Å². The molecule has 11 heavy (non-hydrogen) atoms. The van der Waals surface area contributed by atoms with Gasteiger partial charge in [0, 0.05) is 0 Å². The number of hydrogen-bond acceptors (Lipinski definition) is 6. The van der Waals surface area contributed by atoms with Gasteiger partial charge in [-0.25, -0.2) is 0 Å². The Balaban J connectivity index is 0. The normalized spacial score (nSPS) is 16.4. The second-order valence-corrected chi connectivity index (χ2v) is 2.12. The summed E-state index contributed by atoms with van der Waals surface area (Å²) < 4.78 is 42.2. The van der Waals surface area contributed by atoms with Crippen molar-refractivity contribution in [1.82, 2.24) is 0 Å². The summed E-state index contributed by atoms with van der Waals surface area (Å²) in [5, 5.41) is 0. The summed E-state index contributed by atoms with van der Waals surface area (Å²) in [7, 11) is -4.69. The molecule has 1 N–H and O–H groups in total. The first kappa shape index (κ1) is 14.2. The predicted octanol–water partition coefficient (Wildman–Crippen LogP) is -4.78. The van der Waals surface area contributed by atoms with Crippen molar-refractivity contribution < 1.29 is 38.4 Å². The summed E-state index contributed by atoms with van der Waals surface area (Å²) in [6, 6.07) is 0. The molecule has 1 heterocycles. The van der Waals surface area contributed by atoms with Crippen molar-refractivity contribution in [2.45, 2.75) is 0 Å². The molecule has 0 radical (unpaired) electrons. The van der Waals surface area contributed by atoms with E-state index >= 15 is 0 Å². The van der Waals surface area contributed by atoms with Crippen LogP contribution in [0.4, 0.5) is 0 Å². The molecule has 1 aliphatic heterocycles. The maximum Gasteiger partial charge on any atom is 0.0777 e. The van der Waals surface area contributed by atoms with E-state index in [-0.39, 0.29) is 18.9 Å². The Morgan fingerprint density at radius 2 is 1.36 bits per heavy atom. The van der Waals surface area contributed by atoms with Crippen molar-refractivity contribution in [3.8, 4) is 0 Å². The first-order chi connectivity index (χ1) is 4.50. The molecule has 0 aromatic carbocycles. The van der Waals surface area contributed by atoms with Crippen molar-refractivity contribution in [3.63, 3.8) is 0 Å². The third-order valence-electron chi connectivity index (χ3n) is 0.539. The van der Waals surface area contributed by atoms with E-state index in [1.54, 1.807) is 0 Å². The summed E-state index contributed by atoms with van der Waals surface area (Å²) in [5.74, 6) is 0. The second-order valence-electron chi connectivity index (χ2n) is 1.33. The van der Waals surface area contributed by atoms with Crippen molar-refractivity contribution in [3.05, 3.63) is 0 Å². The van der Waals surface area contributed by atoms with Crippen LogP contribution in [0, 0.1) is 10.2 Å². The van der Waals surface area contributed by atoms with E-state index in [4.69, 9.17) is 28.1 Å². The molecular formula is C3H8ClLiO6. The van der Waals surface area contributed by atoms with Crippen LogP contribution in [0.3, 0.4) is 0 Å². The van der Waals surface area contributed by atoms with E-state index in [1.807, 2.05) is 0 Å². The maximum absolute atomic E-state index is 8.60. The Hall–Kier alpha value is 0.647. The van der Waals surface area contributed by atoms with Crippen LogP contribution in [0.5, 0.6) is 0 Å². The van der Waals surface area contributed by atoms with Crippen LogP contribution in [-0.4, -0.2) is 43.5 Å². The second kappa shape index (κ2) is 7.30. The Bertz CT molecular complexity index is 66.8. The van der Waals surface area contributed by atoms with Crippen LogP contribution in [0.25, 0.3) is 0 Å². The van der Waals surface area contributed by atoms with E-state index in [0.717, 1.165) is 13.2 Å². The molecule has 1 fully saturated rings. The van der Waals surface area contributed by atoms with Crippen LogP contribution in [0.15, 0.2) is 0 Å². The van der Waals surface area contributed by atoms with Gasteiger partial charge in [-0.1, -0.05) is 0 Å². The van der Waals surface area contributed by atoms with Crippen molar-refractivity contribution >= 4 is 18.9 Å². The van der Waals surface area contributed by atoms with Gasteiger partial charge in [0.25, 0.3) is 0 Å². The zero-order valence-electron chi connectivity index (χ0n) is 4.99. The van der Waals surface area contributed by atoms with E-state index in [9.17, 15) is 0 Å². The molecular weight excluding hydrogens is 174 g/mol. The van der Waals surface area contributed by atoms with Gasteiger partial charge >= 0.3 is 18.9 Å². The van der Waals surface area contributed by atoms with Gasteiger partial charge in [-0.15, -0.1) is 0 Å². The molecule has 8 heteroatoms. The minimum atomic E-state index is -4.69. The zero-order chi connectivity index (χ0) is 8.04. The molecule has 0 unspecified atom stereocenters. The zero-order valence-corrected chi connectivity index (χ0v) is 5.74. The molecule has 1 saturated heterocycles. The monoisotopic (exact) mass is 182 g/mol. The van der Waals surface area contributed by atoms with E-state index in [0.29, 0.717) is 6.79 Å². The summed E-state index contributed by atoms with van der Waals surface area (Å²) in [6.07, 6.45) is 0. The molecule has 1 aliphatic rings.